The molecule has 0 radical (unpaired) electrons. The van der Waals surface area contributed by atoms with Crippen LogP contribution in [-0.4, -0.2) is 84.3 Å². The van der Waals surface area contributed by atoms with E-state index in [1.54, 1.807) is 21.3 Å². The van der Waals surface area contributed by atoms with Crippen molar-refractivity contribution in [3.05, 3.63) is 11.3 Å². The van der Waals surface area contributed by atoms with Crippen LogP contribution in [0.25, 0.3) is 0 Å². The Balaban J connectivity index is 2.39. The zero-order valence-electron chi connectivity index (χ0n) is 16.5. The summed E-state index contributed by atoms with van der Waals surface area (Å²) >= 11 is 0. The van der Waals surface area contributed by atoms with Gasteiger partial charge in [-0.05, 0) is 18.0 Å². The number of nitrogens with zero attached hydrogens (tertiary/aromatic N) is 1. The van der Waals surface area contributed by atoms with Crippen LogP contribution in [0.5, 0.6) is 0 Å². The third-order valence-electron chi connectivity index (χ3n) is 5.13. The molecule has 0 spiro atoms. The summed E-state index contributed by atoms with van der Waals surface area (Å²) in [6.45, 7) is 8.50. The predicted octanol–water partition coefficient (Wildman–Crippen LogP) is 1.86. The first-order valence-corrected chi connectivity index (χ1v) is 12.5. The Morgan fingerprint density at radius 1 is 1.16 bits per heavy atom. The van der Waals surface area contributed by atoms with E-state index in [-0.39, 0.29) is 24.6 Å². The van der Waals surface area contributed by atoms with E-state index < -0.39 is 13.7 Å². The molecule has 6 nitrogen and oxygen atoms in total. The quantitative estimate of drug-likeness (QED) is 0.610. The molecule has 2 heterocycles. The zero-order valence-corrected chi connectivity index (χ0v) is 17.5. The van der Waals surface area contributed by atoms with Crippen LogP contribution in [-0.2, 0) is 23.7 Å². The summed E-state index contributed by atoms with van der Waals surface area (Å²) in [7, 11) is 3.24. The first-order valence-electron chi connectivity index (χ1n) is 8.96. The van der Waals surface area contributed by atoms with Gasteiger partial charge in [0.15, 0.2) is 5.60 Å². The van der Waals surface area contributed by atoms with Gasteiger partial charge in [-0.2, -0.15) is 0 Å². The number of carbonyl (C=O) groups excluding carboxylic acids is 1. The second kappa shape index (κ2) is 8.31. The summed E-state index contributed by atoms with van der Waals surface area (Å²) in [5, 5.41) is 1.13. The number of amides is 1. The van der Waals surface area contributed by atoms with Crippen LogP contribution in [0.15, 0.2) is 11.3 Å². The fourth-order valence-electron chi connectivity index (χ4n) is 4.20. The van der Waals surface area contributed by atoms with E-state index in [1.165, 1.54) is 0 Å². The smallest absolute Gasteiger partial charge is 0.261 e. The summed E-state index contributed by atoms with van der Waals surface area (Å²) in [5.41, 5.74) is -0.998. The van der Waals surface area contributed by atoms with E-state index in [0.29, 0.717) is 19.8 Å². The van der Waals surface area contributed by atoms with Crippen molar-refractivity contribution < 1.29 is 23.7 Å². The maximum absolute atomic E-state index is 13.8. The normalized spacial score (nSPS) is 30.0. The largest absolute Gasteiger partial charge is 0.383 e. The molecular formula is C18H33NO5Si. The average Bonchev–Trinajstić information content (AvgIpc) is 3.13. The maximum Gasteiger partial charge on any atom is 0.261 e. The number of likely N-dealkylation sites (tertiary alicyclic amines) is 1. The molecule has 1 saturated heterocycles. The zero-order chi connectivity index (χ0) is 18.7. The number of hydrogen-bond donors (Lipinski definition) is 0. The van der Waals surface area contributed by atoms with Gasteiger partial charge in [-0.1, -0.05) is 25.7 Å². The minimum atomic E-state index is -1.75. The van der Waals surface area contributed by atoms with Crippen LogP contribution < -0.4 is 0 Å². The predicted molar refractivity (Wildman–Crippen MR) is 99.4 cm³/mol. The van der Waals surface area contributed by atoms with E-state index in [0.717, 1.165) is 18.0 Å². The minimum absolute atomic E-state index is 0.00197. The second-order valence-corrected chi connectivity index (χ2v) is 13.0. The van der Waals surface area contributed by atoms with Gasteiger partial charge >= 0.3 is 0 Å². The number of carbonyl (C=O) groups is 1. The molecule has 144 valence electrons. The maximum atomic E-state index is 13.8. The molecule has 2 aliphatic heterocycles. The summed E-state index contributed by atoms with van der Waals surface area (Å²) in [5.74, 6) is 0.00197. The first kappa shape index (κ1) is 20.6. The highest BCUT2D eigenvalue weighted by Crippen LogP contribution is 2.39. The summed E-state index contributed by atoms with van der Waals surface area (Å²) in [6, 6.07) is 0.108. The van der Waals surface area contributed by atoms with Gasteiger partial charge in [-0.3, -0.25) is 4.79 Å². The molecule has 0 bridgehead atoms. The van der Waals surface area contributed by atoms with Crippen molar-refractivity contribution in [3.8, 4) is 0 Å². The highest BCUT2D eigenvalue weighted by Gasteiger charge is 2.54. The molecule has 0 N–H and O–H groups in total. The fourth-order valence-corrected chi connectivity index (χ4v) is 6.35. The van der Waals surface area contributed by atoms with Crippen LogP contribution in [0, 0.1) is 0 Å². The molecule has 0 aliphatic carbocycles. The SMILES string of the molecule is COC[C@@H]1CC[C@@H](COC)N1C(=O)[C@@]1(COC)OCC=C1[Si](C)(C)C. The molecule has 1 fully saturated rings. The Kier molecular flexibility index (Phi) is 6.84. The summed E-state index contributed by atoms with van der Waals surface area (Å²) < 4.78 is 22.3. The molecule has 0 aromatic heterocycles. The molecular weight excluding hydrogens is 338 g/mol. The molecule has 2 aliphatic rings. The van der Waals surface area contributed by atoms with Gasteiger partial charge < -0.3 is 23.8 Å². The van der Waals surface area contributed by atoms with Crippen LogP contribution in [0.4, 0.5) is 0 Å². The molecule has 0 saturated carbocycles. The first-order chi connectivity index (χ1) is 11.8. The van der Waals surface area contributed by atoms with Crippen molar-refractivity contribution in [2.45, 2.75) is 50.2 Å². The van der Waals surface area contributed by atoms with E-state index in [2.05, 4.69) is 25.7 Å². The lowest BCUT2D eigenvalue weighted by Gasteiger charge is -2.41. The highest BCUT2D eigenvalue weighted by atomic mass is 28.3. The van der Waals surface area contributed by atoms with Gasteiger partial charge in [0, 0.05) is 21.3 Å². The van der Waals surface area contributed by atoms with E-state index in [1.807, 2.05) is 4.90 Å². The molecule has 0 unspecified atom stereocenters. The average molecular weight is 372 g/mol. The monoisotopic (exact) mass is 371 g/mol. The standard InChI is InChI=1S/C18H33NO5Si/c1-21-11-14-7-8-15(12-22-2)19(14)17(20)18(13-23-3)16(9-10-24-18)25(4,5)6/h9,14-15H,7-8,10-13H2,1-6H3/t14-,15-,18-/m0/s1. The Hall–Kier alpha value is -0.733. The van der Waals surface area contributed by atoms with Crippen molar-refractivity contribution in [1.82, 2.24) is 4.90 Å². The second-order valence-electron chi connectivity index (χ2n) is 7.95. The Morgan fingerprint density at radius 3 is 2.16 bits per heavy atom. The van der Waals surface area contributed by atoms with Crippen molar-refractivity contribution in [3.63, 3.8) is 0 Å². The minimum Gasteiger partial charge on any atom is -0.383 e. The number of methoxy groups -OCH3 is 3. The van der Waals surface area contributed by atoms with Crippen LogP contribution in [0.3, 0.4) is 0 Å². The van der Waals surface area contributed by atoms with Gasteiger partial charge in [0.25, 0.3) is 5.91 Å². The molecule has 3 atom stereocenters. The van der Waals surface area contributed by atoms with Gasteiger partial charge in [0.2, 0.25) is 0 Å². The fraction of sp³-hybridized carbons (Fsp3) is 0.833. The third-order valence-corrected chi connectivity index (χ3v) is 7.35. The van der Waals surface area contributed by atoms with Crippen molar-refractivity contribution >= 4 is 14.0 Å². The molecule has 25 heavy (non-hydrogen) atoms. The number of rotatable bonds is 8. The number of hydrogen-bond acceptors (Lipinski definition) is 5. The van der Waals surface area contributed by atoms with E-state index in [9.17, 15) is 4.79 Å². The summed E-state index contributed by atoms with van der Waals surface area (Å²) in [6.07, 6.45) is 3.93. The number of ether oxygens (including phenoxy) is 4. The van der Waals surface area contributed by atoms with Gasteiger partial charge in [-0.25, -0.2) is 0 Å². The van der Waals surface area contributed by atoms with E-state index in [4.69, 9.17) is 18.9 Å². The Labute approximate surface area is 152 Å². The van der Waals surface area contributed by atoms with Crippen LogP contribution >= 0.6 is 0 Å². The lowest BCUT2D eigenvalue weighted by molar-refractivity contribution is -0.160. The van der Waals surface area contributed by atoms with Crippen LogP contribution in [0.2, 0.25) is 19.6 Å². The van der Waals surface area contributed by atoms with Crippen LogP contribution in [0.1, 0.15) is 12.8 Å². The highest BCUT2D eigenvalue weighted by molar-refractivity contribution is 6.84. The van der Waals surface area contributed by atoms with Gasteiger partial charge in [-0.15, -0.1) is 0 Å². The molecule has 0 aromatic rings. The molecule has 7 heteroatoms. The lowest BCUT2D eigenvalue weighted by atomic mass is 10.0. The summed E-state index contributed by atoms with van der Waals surface area (Å²) in [4.78, 5) is 15.7. The molecule has 2 rings (SSSR count). The Bertz CT molecular complexity index is 490. The third kappa shape index (κ3) is 4.00. The molecule has 1 amide bonds. The molecule has 0 aromatic carbocycles. The van der Waals surface area contributed by atoms with Gasteiger partial charge in [0.1, 0.15) is 0 Å². The van der Waals surface area contributed by atoms with Crippen molar-refractivity contribution in [2.24, 2.45) is 0 Å². The topological polar surface area (TPSA) is 57.2 Å². The van der Waals surface area contributed by atoms with E-state index >= 15 is 0 Å². The van der Waals surface area contributed by atoms with Crippen molar-refractivity contribution in [1.29, 1.82) is 0 Å². The lowest BCUT2D eigenvalue weighted by Crippen LogP contribution is -2.60. The van der Waals surface area contributed by atoms with Crippen molar-refractivity contribution in [2.75, 3.05) is 47.8 Å². The van der Waals surface area contributed by atoms with Gasteiger partial charge in [0.05, 0.1) is 46.6 Å². The Morgan fingerprint density at radius 2 is 1.72 bits per heavy atom.